The minimum absolute atomic E-state index is 0.0338. The molecule has 1 aliphatic rings. The molecule has 0 saturated carbocycles. The number of aromatic nitrogens is 1. The van der Waals surface area contributed by atoms with Gasteiger partial charge in [0, 0.05) is 11.8 Å². The Bertz CT molecular complexity index is 584. The molecule has 0 aliphatic carbocycles. The lowest BCUT2D eigenvalue weighted by atomic mass is 10.2. The van der Waals surface area contributed by atoms with E-state index in [0.717, 1.165) is 0 Å². The Labute approximate surface area is 138 Å². The van der Waals surface area contributed by atoms with Crippen LogP contribution in [0.25, 0.3) is 0 Å². The molecule has 6 nitrogen and oxygen atoms in total. The predicted molar refractivity (Wildman–Crippen MR) is 83.3 cm³/mol. The maximum absolute atomic E-state index is 13.8. The van der Waals surface area contributed by atoms with E-state index in [9.17, 15) is 14.0 Å². The maximum Gasteiger partial charge on any atom is 0.410 e. The highest BCUT2D eigenvalue weighted by Crippen LogP contribution is 2.36. The molecule has 23 heavy (non-hydrogen) atoms. The van der Waals surface area contributed by atoms with Crippen LogP contribution in [0.15, 0.2) is 5.38 Å². The lowest BCUT2D eigenvalue weighted by Gasteiger charge is -2.27. The van der Waals surface area contributed by atoms with Crippen LogP contribution in [0.5, 0.6) is 0 Å². The number of carbonyl (C=O) groups excluding carboxylic acids is 2. The lowest BCUT2D eigenvalue weighted by Crippen LogP contribution is -2.37. The Morgan fingerprint density at radius 1 is 1.48 bits per heavy atom. The van der Waals surface area contributed by atoms with E-state index in [1.807, 2.05) is 0 Å². The van der Waals surface area contributed by atoms with Gasteiger partial charge in [-0.15, -0.1) is 11.3 Å². The number of halogens is 1. The van der Waals surface area contributed by atoms with Gasteiger partial charge in [0.05, 0.1) is 19.2 Å². The van der Waals surface area contributed by atoms with E-state index < -0.39 is 29.9 Å². The fourth-order valence-corrected chi connectivity index (χ4v) is 3.19. The summed E-state index contributed by atoms with van der Waals surface area (Å²) in [5.74, 6) is -0.520. The van der Waals surface area contributed by atoms with Crippen LogP contribution in [0.3, 0.4) is 0 Å². The zero-order chi connectivity index (χ0) is 17.2. The van der Waals surface area contributed by atoms with Crippen LogP contribution in [0.2, 0.25) is 0 Å². The fourth-order valence-electron chi connectivity index (χ4n) is 2.28. The Kier molecular flexibility index (Phi) is 5.23. The molecule has 1 fully saturated rings. The average molecular weight is 344 g/mol. The van der Waals surface area contributed by atoms with Gasteiger partial charge in [-0.05, 0) is 27.7 Å². The molecule has 8 heteroatoms. The molecule has 0 N–H and O–H groups in total. The summed E-state index contributed by atoms with van der Waals surface area (Å²) >= 11 is 1.21. The van der Waals surface area contributed by atoms with E-state index in [2.05, 4.69) is 4.98 Å². The first-order valence-electron chi connectivity index (χ1n) is 7.47. The summed E-state index contributed by atoms with van der Waals surface area (Å²) in [6, 6.07) is -0.520. The third kappa shape index (κ3) is 4.40. The number of ether oxygens (including phenoxy) is 2. The van der Waals surface area contributed by atoms with E-state index in [0.29, 0.717) is 5.01 Å². The molecule has 2 rings (SSSR count). The first-order chi connectivity index (χ1) is 10.7. The van der Waals surface area contributed by atoms with Crippen molar-refractivity contribution in [2.75, 3.05) is 13.2 Å². The Morgan fingerprint density at radius 3 is 2.78 bits per heavy atom. The summed E-state index contributed by atoms with van der Waals surface area (Å²) in [4.78, 5) is 29.5. The van der Waals surface area contributed by atoms with Gasteiger partial charge >= 0.3 is 12.1 Å². The maximum atomic E-state index is 13.8. The summed E-state index contributed by atoms with van der Waals surface area (Å²) in [5, 5.41) is 2.07. The van der Waals surface area contributed by atoms with Crippen molar-refractivity contribution >= 4 is 23.4 Å². The Hall–Kier alpha value is -1.70. The van der Waals surface area contributed by atoms with E-state index in [4.69, 9.17) is 9.47 Å². The summed E-state index contributed by atoms with van der Waals surface area (Å²) in [5.41, 5.74) is -0.479. The van der Waals surface area contributed by atoms with Gasteiger partial charge < -0.3 is 9.47 Å². The van der Waals surface area contributed by atoms with Crippen LogP contribution in [0, 0.1) is 0 Å². The highest BCUT2D eigenvalue weighted by Gasteiger charge is 2.40. The number of esters is 1. The van der Waals surface area contributed by atoms with Crippen LogP contribution < -0.4 is 0 Å². The van der Waals surface area contributed by atoms with Crippen molar-refractivity contribution in [2.24, 2.45) is 0 Å². The second-order valence-corrected chi connectivity index (χ2v) is 7.16. The van der Waals surface area contributed by atoms with E-state index in [-0.39, 0.29) is 25.3 Å². The third-order valence-electron chi connectivity index (χ3n) is 3.17. The normalized spacial score (nSPS) is 21.3. The van der Waals surface area contributed by atoms with E-state index >= 15 is 0 Å². The van der Waals surface area contributed by atoms with Crippen molar-refractivity contribution < 1.29 is 23.5 Å². The summed E-state index contributed by atoms with van der Waals surface area (Å²) in [7, 11) is 0. The molecular formula is C15H21FN2O4S. The standard InChI is InChI=1S/C15H21FN2O4S/c1-5-21-13(19)10-8-23-12(17-10)11-6-9(16)7-18(11)14(20)22-15(2,3)4/h8-9,11H,5-7H2,1-4H3/t9-,11+/m1/s1. The molecule has 0 bridgehead atoms. The number of alkyl halides is 1. The molecule has 1 aromatic rings. The SMILES string of the molecule is CCOC(=O)c1csc([C@@H]2C[C@@H](F)CN2C(=O)OC(C)(C)C)n1. The predicted octanol–water partition coefficient (Wildman–Crippen LogP) is 3.34. The molecule has 1 aliphatic heterocycles. The smallest absolute Gasteiger partial charge is 0.410 e. The zero-order valence-electron chi connectivity index (χ0n) is 13.7. The van der Waals surface area contributed by atoms with Gasteiger partial charge in [0.25, 0.3) is 0 Å². The number of hydrogen-bond acceptors (Lipinski definition) is 6. The number of hydrogen-bond donors (Lipinski definition) is 0. The number of amides is 1. The average Bonchev–Trinajstić information content (AvgIpc) is 3.03. The van der Waals surface area contributed by atoms with E-state index in [1.165, 1.54) is 16.2 Å². The van der Waals surface area contributed by atoms with Crippen molar-refractivity contribution in [3.05, 3.63) is 16.1 Å². The lowest BCUT2D eigenvalue weighted by molar-refractivity contribution is 0.0216. The van der Waals surface area contributed by atoms with Crippen LogP contribution in [-0.4, -0.2) is 46.9 Å². The summed E-state index contributed by atoms with van der Waals surface area (Å²) in [6.45, 7) is 7.20. The zero-order valence-corrected chi connectivity index (χ0v) is 14.5. The molecule has 128 valence electrons. The largest absolute Gasteiger partial charge is 0.461 e. The monoisotopic (exact) mass is 344 g/mol. The second kappa shape index (κ2) is 6.82. The van der Waals surface area contributed by atoms with Crippen LogP contribution in [0.1, 0.15) is 55.7 Å². The molecular weight excluding hydrogens is 323 g/mol. The number of thiazole rings is 1. The van der Waals surface area contributed by atoms with Crippen LogP contribution in [-0.2, 0) is 9.47 Å². The molecule has 2 atom stereocenters. The molecule has 0 aromatic carbocycles. The summed E-state index contributed by atoms with van der Waals surface area (Å²) < 4.78 is 24.0. The van der Waals surface area contributed by atoms with E-state index in [1.54, 1.807) is 33.1 Å². The van der Waals surface area contributed by atoms with Gasteiger partial charge in [-0.3, -0.25) is 4.90 Å². The fraction of sp³-hybridized carbons (Fsp3) is 0.667. The van der Waals surface area contributed by atoms with Gasteiger partial charge in [-0.1, -0.05) is 0 Å². The van der Waals surface area contributed by atoms with Crippen molar-refractivity contribution in [1.82, 2.24) is 9.88 Å². The van der Waals surface area contributed by atoms with Gasteiger partial charge in [0.1, 0.15) is 16.8 Å². The number of nitrogens with zero attached hydrogens (tertiary/aromatic N) is 2. The molecule has 1 saturated heterocycles. The Balaban J connectivity index is 2.16. The third-order valence-corrected chi connectivity index (χ3v) is 4.12. The van der Waals surface area contributed by atoms with Gasteiger partial charge in [0.2, 0.25) is 0 Å². The molecule has 2 heterocycles. The second-order valence-electron chi connectivity index (χ2n) is 6.27. The van der Waals surface area contributed by atoms with Gasteiger partial charge in [0.15, 0.2) is 5.69 Å². The molecule has 1 aromatic heterocycles. The van der Waals surface area contributed by atoms with Crippen molar-refractivity contribution in [2.45, 2.75) is 51.9 Å². The number of likely N-dealkylation sites (tertiary alicyclic amines) is 1. The van der Waals surface area contributed by atoms with Crippen LogP contribution >= 0.6 is 11.3 Å². The van der Waals surface area contributed by atoms with Crippen molar-refractivity contribution in [1.29, 1.82) is 0 Å². The van der Waals surface area contributed by atoms with Crippen LogP contribution in [0.4, 0.5) is 9.18 Å². The van der Waals surface area contributed by atoms with Gasteiger partial charge in [-0.2, -0.15) is 0 Å². The number of rotatable bonds is 3. The summed E-state index contributed by atoms with van der Waals surface area (Å²) in [6.07, 6.45) is -1.56. The first kappa shape index (κ1) is 17.7. The molecule has 0 unspecified atom stereocenters. The number of carbonyl (C=O) groups is 2. The highest BCUT2D eigenvalue weighted by molar-refractivity contribution is 7.09. The van der Waals surface area contributed by atoms with Crippen molar-refractivity contribution in [3.63, 3.8) is 0 Å². The molecule has 1 amide bonds. The first-order valence-corrected chi connectivity index (χ1v) is 8.35. The highest BCUT2D eigenvalue weighted by atomic mass is 32.1. The Morgan fingerprint density at radius 2 is 2.17 bits per heavy atom. The topological polar surface area (TPSA) is 68.7 Å². The molecule has 0 radical (unpaired) electrons. The minimum atomic E-state index is -1.14. The van der Waals surface area contributed by atoms with Gasteiger partial charge in [-0.25, -0.2) is 19.0 Å². The van der Waals surface area contributed by atoms with Crippen molar-refractivity contribution in [3.8, 4) is 0 Å². The quantitative estimate of drug-likeness (QED) is 0.787. The minimum Gasteiger partial charge on any atom is -0.461 e. The molecule has 0 spiro atoms.